The quantitative estimate of drug-likeness (QED) is 0.512. The Hall–Kier alpha value is -2.93. The summed E-state index contributed by atoms with van der Waals surface area (Å²) >= 11 is 3.18. The molecule has 0 spiro atoms. The van der Waals surface area contributed by atoms with E-state index in [2.05, 4.69) is 20.9 Å². The Kier molecular flexibility index (Phi) is 5.71. The molecule has 3 rings (SSSR count). The highest BCUT2D eigenvalue weighted by atomic mass is 79.9. The summed E-state index contributed by atoms with van der Waals surface area (Å²) in [5, 5.41) is 0. The minimum absolute atomic E-state index is 0.0438. The van der Waals surface area contributed by atoms with Crippen LogP contribution in [-0.4, -0.2) is 25.0 Å². The van der Waals surface area contributed by atoms with Crippen LogP contribution in [-0.2, 0) is 0 Å². The molecule has 0 saturated carbocycles. The lowest BCUT2D eigenvalue weighted by Crippen LogP contribution is -2.03. The molecule has 0 atom stereocenters. The molecule has 3 aromatic rings. The zero-order valence-electron chi connectivity index (χ0n) is 14.5. The molecular weight excluding hydrogens is 417 g/mol. The highest BCUT2D eigenvalue weighted by molar-refractivity contribution is 9.10. The van der Waals surface area contributed by atoms with Crippen molar-refractivity contribution >= 4 is 21.7 Å². The van der Waals surface area contributed by atoms with Crippen LogP contribution >= 0.6 is 15.9 Å². The van der Waals surface area contributed by atoms with E-state index in [0.717, 1.165) is 0 Å². The molecule has 0 bridgehead atoms. The fraction of sp³-hybridized carbons (Fsp3) is 0.100. The largest absolute Gasteiger partial charge is 0.497 e. The Bertz CT molecular complexity index is 954. The highest BCUT2D eigenvalue weighted by Crippen LogP contribution is 2.27. The number of halogens is 2. The van der Waals surface area contributed by atoms with Crippen molar-refractivity contribution in [1.82, 2.24) is 4.98 Å². The number of benzene rings is 2. The van der Waals surface area contributed by atoms with Crippen molar-refractivity contribution in [1.29, 1.82) is 0 Å². The highest BCUT2D eigenvalue weighted by Gasteiger charge is 2.14. The van der Waals surface area contributed by atoms with Gasteiger partial charge in [0.2, 0.25) is 5.88 Å². The maximum absolute atomic E-state index is 13.8. The van der Waals surface area contributed by atoms with E-state index in [1.807, 2.05) is 0 Å². The Morgan fingerprint density at radius 3 is 2.22 bits per heavy atom. The molecule has 0 N–H and O–H groups in total. The third kappa shape index (κ3) is 4.43. The van der Waals surface area contributed by atoms with Gasteiger partial charge in [-0.3, -0.25) is 4.79 Å². The lowest BCUT2D eigenvalue weighted by Gasteiger charge is -2.09. The number of hydrogen-bond acceptors (Lipinski definition) is 5. The van der Waals surface area contributed by atoms with Crippen molar-refractivity contribution in [2.75, 3.05) is 14.2 Å². The maximum Gasteiger partial charge on any atom is 0.219 e. The van der Waals surface area contributed by atoms with Crippen molar-refractivity contribution in [2.24, 2.45) is 0 Å². The van der Waals surface area contributed by atoms with Crippen molar-refractivity contribution in [3.8, 4) is 23.1 Å². The zero-order valence-corrected chi connectivity index (χ0v) is 16.1. The summed E-state index contributed by atoms with van der Waals surface area (Å²) in [6, 6.07) is 12.4. The first kappa shape index (κ1) is 18.8. The second kappa shape index (κ2) is 8.18. The summed E-state index contributed by atoms with van der Waals surface area (Å²) in [6.45, 7) is 0. The monoisotopic (exact) mass is 431 g/mol. The molecule has 138 valence electrons. The normalized spacial score (nSPS) is 10.4. The van der Waals surface area contributed by atoms with E-state index in [0.29, 0.717) is 27.1 Å². The number of carbonyl (C=O) groups excluding carboxylic acids is 1. The van der Waals surface area contributed by atoms with Crippen LogP contribution in [0, 0.1) is 5.82 Å². The summed E-state index contributed by atoms with van der Waals surface area (Å²) in [5.41, 5.74) is 0.759. The fourth-order valence-corrected chi connectivity index (χ4v) is 2.68. The minimum atomic E-state index is -0.519. The van der Waals surface area contributed by atoms with Gasteiger partial charge in [-0.15, -0.1) is 0 Å². The topological polar surface area (TPSA) is 57.7 Å². The molecule has 5 nitrogen and oxygen atoms in total. The van der Waals surface area contributed by atoms with Gasteiger partial charge < -0.3 is 14.2 Å². The van der Waals surface area contributed by atoms with E-state index in [4.69, 9.17) is 14.2 Å². The predicted molar refractivity (Wildman–Crippen MR) is 101 cm³/mol. The van der Waals surface area contributed by atoms with E-state index < -0.39 is 5.82 Å². The lowest BCUT2D eigenvalue weighted by molar-refractivity contribution is 0.103. The number of aromatic nitrogens is 1. The van der Waals surface area contributed by atoms with Crippen LogP contribution in [0.5, 0.6) is 23.1 Å². The number of nitrogens with zero attached hydrogens (tertiary/aromatic N) is 1. The third-order valence-electron chi connectivity index (χ3n) is 3.72. The summed E-state index contributed by atoms with van der Waals surface area (Å²) in [4.78, 5) is 16.8. The summed E-state index contributed by atoms with van der Waals surface area (Å²) in [5.74, 6) is 0.474. The average molecular weight is 432 g/mol. The Balaban J connectivity index is 1.81. The summed E-state index contributed by atoms with van der Waals surface area (Å²) < 4.78 is 30.2. The summed E-state index contributed by atoms with van der Waals surface area (Å²) in [6.07, 6.45) is 1.38. The zero-order chi connectivity index (χ0) is 19.4. The molecular formula is C20H15BrFNO4. The number of hydrogen-bond donors (Lipinski definition) is 0. The average Bonchev–Trinajstić information content (AvgIpc) is 2.69. The molecule has 2 aromatic carbocycles. The Labute approximate surface area is 163 Å². The van der Waals surface area contributed by atoms with Gasteiger partial charge in [0.15, 0.2) is 17.3 Å². The van der Waals surface area contributed by atoms with Crippen LogP contribution in [0.3, 0.4) is 0 Å². The number of carbonyl (C=O) groups is 1. The first-order valence-electron chi connectivity index (χ1n) is 7.87. The first-order chi connectivity index (χ1) is 13.0. The number of pyridine rings is 1. The van der Waals surface area contributed by atoms with Gasteiger partial charge >= 0.3 is 0 Å². The van der Waals surface area contributed by atoms with Gasteiger partial charge in [0.1, 0.15) is 11.5 Å². The van der Waals surface area contributed by atoms with Crippen LogP contribution in [0.2, 0.25) is 0 Å². The minimum Gasteiger partial charge on any atom is -0.497 e. The van der Waals surface area contributed by atoms with Gasteiger partial charge in [-0.25, -0.2) is 9.37 Å². The van der Waals surface area contributed by atoms with E-state index >= 15 is 0 Å². The smallest absolute Gasteiger partial charge is 0.219 e. The molecule has 1 heterocycles. The molecule has 0 aliphatic heterocycles. The molecule has 0 unspecified atom stereocenters. The molecule has 0 saturated heterocycles. The summed E-state index contributed by atoms with van der Waals surface area (Å²) in [7, 11) is 3.02. The van der Waals surface area contributed by atoms with Crippen LogP contribution in [0.15, 0.2) is 59.2 Å². The molecule has 7 heteroatoms. The van der Waals surface area contributed by atoms with Crippen molar-refractivity contribution in [3.05, 3.63) is 76.1 Å². The molecule has 1 aromatic heterocycles. The molecule has 0 aliphatic carbocycles. The SMILES string of the molecule is COc1cc(OC)cc(C(=O)c2ccc(Oc3ccc(Br)cc3F)nc2)c1. The third-order valence-corrected chi connectivity index (χ3v) is 4.21. The van der Waals surface area contributed by atoms with E-state index in [1.165, 1.54) is 38.6 Å². The molecule has 27 heavy (non-hydrogen) atoms. The standard InChI is InChI=1S/C20H15BrFNO4/c1-25-15-7-13(8-16(10-15)26-2)20(24)12-3-6-19(23-11-12)27-18-5-4-14(21)9-17(18)22/h3-11H,1-2H3. The van der Waals surface area contributed by atoms with Gasteiger partial charge in [0.05, 0.1) is 14.2 Å². The predicted octanol–water partition coefficient (Wildman–Crippen LogP) is 5.02. The van der Waals surface area contributed by atoms with Gasteiger partial charge in [-0.05, 0) is 36.4 Å². The second-order valence-electron chi connectivity index (χ2n) is 5.49. The first-order valence-corrected chi connectivity index (χ1v) is 8.66. The van der Waals surface area contributed by atoms with Crippen molar-refractivity contribution in [3.63, 3.8) is 0 Å². The van der Waals surface area contributed by atoms with Gasteiger partial charge in [-0.2, -0.15) is 0 Å². The number of methoxy groups -OCH3 is 2. The molecule has 0 fully saturated rings. The van der Waals surface area contributed by atoms with Crippen LogP contribution in [0.4, 0.5) is 4.39 Å². The Morgan fingerprint density at radius 1 is 0.963 bits per heavy atom. The van der Waals surface area contributed by atoms with E-state index in [-0.39, 0.29) is 17.4 Å². The van der Waals surface area contributed by atoms with Crippen LogP contribution < -0.4 is 14.2 Å². The van der Waals surface area contributed by atoms with E-state index in [1.54, 1.807) is 30.3 Å². The number of rotatable bonds is 6. The van der Waals surface area contributed by atoms with Crippen LogP contribution in [0.1, 0.15) is 15.9 Å². The van der Waals surface area contributed by atoms with Crippen molar-refractivity contribution in [2.45, 2.75) is 0 Å². The Morgan fingerprint density at radius 2 is 1.67 bits per heavy atom. The van der Waals surface area contributed by atoms with Gasteiger partial charge in [0, 0.05) is 33.9 Å². The number of ether oxygens (including phenoxy) is 3. The molecule has 0 aliphatic rings. The lowest BCUT2D eigenvalue weighted by atomic mass is 10.0. The van der Waals surface area contributed by atoms with Crippen LogP contribution in [0.25, 0.3) is 0 Å². The van der Waals surface area contributed by atoms with Gasteiger partial charge in [0.25, 0.3) is 0 Å². The van der Waals surface area contributed by atoms with Gasteiger partial charge in [-0.1, -0.05) is 15.9 Å². The van der Waals surface area contributed by atoms with E-state index in [9.17, 15) is 9.18 Å². The fourth-order valence-electron chi connectivity index (χ4n) is 2.35. The van der Waals surface area contributed by atoms with Crippen molar-refractivity contribution < 1.29 is 23.4 Å². The molecule has 0 amide bonds. The maximum atomic E-state index is 13.8. The number of ketones is 1. The molecule has 0 radical (unpaired) electrons. The second-order valence-corrected chi connectivity index (χ2v) is 6.41.